The summed E-state index contributed by atoms with van der Waals surface area (Å²) in [6.45, 7) is 7.72. The predicted octanol–water partition coefficient (Wildman–Crippen LogP) is 3.05. The van der Waals surface area contributed by atoms with Gasteiger partial charge in [-0.2, -0.15) is 0 Å². The Labute approximate surface area is 110 Å². The maximum atomic E-state index is 4.76. The Bertz CT molecular complexity index is 387. The molecule has 1 N–H and O–H groups in total. The summed E-state index contributed by atoms with van der Waals surface area (Å²) in [6, 6.07) is 0.474. The molecule has 1 aromatic rings. The number of rotatable bonds is 5. The second kappa shape index (κ2) is 6.28. The average Bonchev–Trinajstić information content (AvgIpc) is 2.35. The predicted molar refractivity (Wildman–Crippen MR) is 74.5 cm³/mol. The molecule has 0 bridgehead atoms. The van der Waals surface area contributed by atoms with Crippen molar-refractivity contribution in [1.82, 2.24) is 15.3 Å². The van der Waals surface area contributed by atoms with E-state index < -0.39 is 0 Å². The minimum absolute atomic E-state index is 0.474. The van der Waals surface area contributed by atoms with Crippen molar-refractivity contribution in [2.45, 2.75) is 58.9 Å². The van der Waals surface area contributed by atoms with Gasteiger partial charge in [0.2, 0.25) is 0 Å². The highest BCUT2D eigenvalue weighted by Crippen LogP contribution is 2.28. The van der Waals surface area contributed by atoms with Crippen LogP contribution in [0.5, 0.6) is 0 Å². The highest BCUT2D eigenvalue weighted by atomic mass is 14.9. The third-order valence-electron chi connectivity index (χ3n) is 3.46. The van der Waals surface area contributed by atoms with E-state index in [2.05, 4.69) is 37.3 Å². The first kappa shape index (κ1) is 13.5. The Morgan fingerprint density at radius 3 is 3.00 bits per heavy atom. The second-order valence-corrected chi connectivity index (χ2v) is 5.69. The summed E-state index contributed by atoms with van der Waals surface area (Å²) in [7, 11) is 0. The fraction of sp³-hybridized carbons (Fsp3) is 0.733. The molecule has 2 rings (SSSR count). The number of fused-ring (bicyclic) bond motifs is 1. The van der Waals surface area contributed by atoms with Gasteiger partial charge >= 0.3 is 0 Å². The molecule has 0 aliphatic heterocycles. The number of aryl methyl sites for hydroxylation is 1. The van der Waals surface area contributed by atoms with Crippen LogP contribution in [0, 0.1) is 5.92 Å². The van der Waals surface area contributed by atoms with Crippen LogP contribution in [-0.2, 0) is 12.8 Å². The highest BCUT2D eigenvalue weighted by Gasteiger charge is 2.21. The number of hydrogen-bond acceptors (Lipinski definition) is 3. The molecule has 0 saturated carbocycles. The average molecular weight is 247 g/mol. The first-order chi connectivity index (χ1) is 8.70. The van der Waals surface area contributed by atoms with Gasteiger partial charge in [0.25, 0.3) is 0 Å². The molecule has 0 saturated heterocycles. The molecule has 0 spiro atoms. The minimum Gasteiger partial charge on any atom is -0.310 e. The van der Waals surface area contributed by atoms with Crippen LogP contribution in [0.15, 0.2) is 6.20 Å². The summed E-state index contributed by atoms with van der Waals surface area (Å²) in [6.07, 6.45) is 7.81. The van der Waals surface area contributed by atoms with Crippen LogP contribution in [0.4, 0.5) is 0 Å². The Balaban J connectivity index is 2.14. The first-order valence-corrected chi connectivity index (χ1v) is 7.28. The van der Waals surface area contributed by atoms with Crippen LogP contribution in [0.2, 0.25) is 0 Å². The number of aromatic nitrogens is 2. The van der Waals surface area contributed by atoms with Crippen LogP contribution in [0.25, 0.3) is 0 Å². The van der Waals surface area contributed by atoms with Gasteiger partial charge in [0.05, 0.1) is 0 Å². The maximum absolute atomic E-state index is 4.76. The van der Waals surface area contributed by atoms with Crippen LogP contribution < -0.4 is 5.32 Å². The molecular formula is C15H25N3. The van der Waals surface area contributed by atoms with Gasteiger partial charge in [0.1, 0.15) is 5.82 Å². The van der Waals surface area contributed by atoms with Gasteiger partial charge in [-0.05, 0) is 38.1 Å². The van der Waals surface area contributed by atoms with Gasteiger partial charge in [-0.1, -0.05) is 20.8 Å². The largest absolute Gasteiger partial charge is 0.310 e. The monoisotopic (exact) mass is 247 g/mol. The molecule has 0 fully saturated rings. The van der Waals surface area contributed by atoms with E-state index in [-0.39, 0.29) is 0 Å². The van der Waals surface area contributed by atoms with E-state index in [0.717, 1.165) is 25.2 Å². The van der Waals surface area contributed by atoms with E-state index in [1.165, 1.54) is 30.5 Å². The molecule has 1 heterocycles. The van der Waals surface area contributed by atoms with E-state index in [9.17, 15) is 0 Å². The normalized spacial score (nSPS) is 19.0. The molecule has 1 aliphatic rings. The number of nitrogens with zero attached hydrogens (tertiary/aromatic N) is 2. The van der Waals surface area contributed by atoms with Crippen LogP contribution in [0.3, 0.4) is 0 Å². The van der Waals surface area contributed by atoms with Gasteiger partial charge in [0.15, 0.2) is 0 Å². The van der Waals surface area contributed by atoms with E-state index in [1.807, 2.05) is 0 Å². The third-order valence-corrected chi connectivity index (χ3v) is 3.46. The lowest BCUT2D eigenvalue weighted by Gasteiger charge is -2.25. The minimum atomic E-state index is 0.474. The quantitative estimate of drug-likeness (QED) is 0.869. The van der Waals surface area contributed by atoms with Gasteiger partial charge in [-0.15, -0.1) is 0 Å². The van der Waals surface area contributed by atoms with Crippen molar-refractivity contribution in [3.05, 3.63) is 23.3 Å². The number of nitrogens with one attached hydrogen (secondary N) is 1. The Kier molecular flexibility index (Phi) is 4.70. The van der Waals surface area contributed by atoms with Gasteiger partial charge in [-0.25, -0.2) is 9.97 Å². The summed E-state index contributed by atoms with van der Waals surface area (Å²) in [4.78, 5) is 9.30. The van der Waals surface area contributed by atoms with Crippen molar-refractivity contribution >= 4 is 0 Å². The molecule has 18 heavy (non-hydrogen) atoms. The van der Waals surface area contributed by atoms with Gasteiger partial charge in [-0.3, -0.25) is 0 Å². The molecule has 0 radical (unpaired) electrons. The first-order valence-electron chi connectivity index (χ1n) is 7.28. The highest BCUT2D eigenvalue weighted by molar-refractivity contribution is 5.24. The van der Waals surface area contributed by atoms with Crippen molar-refractivity contribution in [3.63, 3.8) is 0 Å². The lowest BCUT2D eigenvalue weighted by Crippen LogP contribution is -2.27. The second-order valence-electron chi connectivity index (χ2n) is 5.69. The van der Waals surface area contributed by atoms with Crippen molar-refractivity contribution in [1.29, 1.82) is 0 Å². The van der Waals surface area contributed by atoms with Crippen LogP contribution in [-0.4, -0.2) is 16.5 Å². The summed E-state index contributed by atoms with van der Waals surface area (Å²) in [5.74, 6) is 1.64. The zero-order chi connectivity index (χ0) is 13.0. The third kappa shape index (κ3) is 3.29. The zero-order valence-electron chi connectivity index (χ0n) is 11.9. The van der Waals surface area contributed by atoms with Crippen LogP contribution >= 0.6 is 0 Å². The zero-order valence-corrected chi connectivity index (χ0v) is 11.9. The molecule has 0 aromatic carbocycles. The standard InChI is InChI=1S/C15H25N3/c1-4-8-16-13-6-5-7-14-12(13)10-17-15(18-14)9-11(2)3/h10-11,13,16H,4-9H2,1-3H3. The SMILES string of the molecule is CCCNC1CCCc2nc(CC(C)C)ncc21. The van der Waals surface area contributed by atoms with E-state index >= 15 is 0 Å². The molecule has 3 heteroatoms. The summed E-state index contributed by atoms with van der Waals surface area (Å²) >= 11 is 0. The summed E-state index contributed by atoms with van der Waals surface area (Å²) in [5.41, 5.74) is 2.61. The van der Waals surface area contributed by atoms with Crippen LogP contribution in [0.1, 0.15) is 63.2 Å². The fourth-order valence-corrected chi connectivity index (χ4v) is 2.58. The Morgan fingerprint density at radius 2 is 2.28 bits per heavy atom. The van der Waals surface area contributed by atoms with E-state index in [1.54, 1.807) is 0 Å². The topological polar surface area (TPSA) is 37.8 Å². The van der Waals surface area contributed by atoms with Crippen molar-refractivity contribution in [2.24, 2.45) is 5.92 Å². The molecular weight excluding hydrogens is 222 g/mol. The van der Waals surface area contributed by atoms with Crippen molar-refractivity contribution in [3.8, 4) is 0 Å². The molecule has 1 atom stereocenters. The van der Waals surface area contributed by atoms with Gasteiger partial charge in [0, 0.05) is 29.9 Å². The van der Waals surface area contributed by atoms with Gasteiger partial charge < -0.3 is 5.32 Å². The molecule has 1 aliphatic carbocycles. The number of hydrogen-bond donors (Lipinski definition) is 1. The molecule has 100 valence electrons. The Hall–Kier alpha value is -0.960. The fourth-order valence-electron chi connectivity index (χ4n) is 2.58. The van der Waals surface area contributed by atoms with E-state index in [0.29, 0.717) is 12.0 Å². The summed E-state index contributed by atoms with van der Waals surface area (Å²) < 4.78 is 0. The van der Waals surface area contributed by atoms with Crippen molar-refractivity contribution in [2.75, 3.05) is 6.54 Å². The molecule has 0 amide bonds. The smallest absolute Gasteiger partial charge is 0.128 e. The van der Waals surface area contributed by atoms with E-state index in [4.69, 9.17) is 4.98 Å². The molecule has 3 nitrogen and oxygen atoms in total. The molecule has 1 unspecified atom stereocenters. The lowest BCUT2D eigenvalue weighted by molar-refractivity contribution is 0.451. The summed E-state index contributed by atoms with van der Waals surface area (Å²) in [5, 5.41) is 3.61. The lowest BCUT2D eigenvalue weighted by atomic mass is 9.92. The maximum Gasteiger partial charge on any atom is 0.128 e. The Morgan fingerprint density at radius 1 is 1.44 bits per heavy atom. The molecule has 1 aromatic heterocycles. The van der Waals surface area contributed by atoms with Crippen molar-refractivity contribution < 1.29 is 0 Å².